The average molecular weight is 365 g/mol. The minimum absolute atomic E-state index is 0.0708. The number of amides is 1. The first kappa shape index (κ1) is 17.9. The highest BCUT2D eigenvalue weighted by Gasteiger charge is 2.27. The fourth-order valence-corrected chi connectivity index (χ4v) is 4.15. The summed E-state index contributed by atoms with van der Waals surface area (Å²) in [4.78, 5) is 30.8. The second-order valence-corrected chi connectivity index (χ2v) is 7.73. The molecular formula is C21H27N5O. The van der Waals surface area contributed by atoms with Gasteiger partial charge in [0, 0.05) is 50.6 Å². The number of aryl methyl sites for hydroxylation is 2. The van der Waals surface area contributed by atoms with Crippen molar-refractivity contribution in [3.8, 4) is 0 Å². The maximum atomic E-state index is 12.9. The molecule has 2 fully saturated rings. The quantitative estimate of drug-likeness (QED) is 0.836. The second-order valence-electron chi connectivity index (χ2n) is 7.73. The van der Waals surface area contributed by atoms with E-state index < -0.39 is 0 Å². The SMILES string of the molecule is Cc1cncc(C(=O)N2CCC[C@@H](c3cc(N4CCCC4)nc(C)n3)C2)c1. The normalized spacial score (nSPS) is 20.1. The number of carbonyl (C=O) groups excluding carboxylic acids is 1. The van der Waals surface area contributed by atoms with Crippen molar-refractivity contribution in [1.29, 1.82) is 0 Å². The molecule has 0 radical (unpaired) electrons. The van der Waals surface area contributed by atoms with Gasteiger partial charge >= 0.3 is 0 Å². The number of carbonyl (C=O) groups is 1. The summed E-state index contributed by atoms with van der Waals surface area (Å²) in [6.45, 7) is 7.59. The molecule has 2 aromatic rings. The summed E-state index contributed by atoms with van der Waals surface area (Å²) in [5.41, 5.74) is 2.76. The van der Waals surface area contributed by atoms with Crippen LogP contribution in [-0.4, -0.2) is 51.9 Å². The first-order valence-electron chi connectivity index (χ1n) is 9.91. The van der Waals surface area contributed by atoms with E-state index in [4.69, 9.17) is 4.98 Å². The fourth-order valence-electron chi connectivity index (χ4n) is 4.15. The Kier molecular flexibility index (Phi) is 5.05. The lowest BCUT2D eigenvalue weighted by Crippen LogP contribution is -2.39. The van der Waals surface area contributed by atoms with Crippen molar-refractivity contribution in [3.05, 3.63) is 47.2 Å². The smallest absolute Gasteiger partial charge is 0.255 e. The fraction of sp³-hybridized carbons (Fsp3) is 0.524. The number of piperidine rings is 1. The van der Waals surface area contributed by atoms with Crippen molar-refractivity contribution >= 4 is 11.7 Å². The number of hydrogen-bond acceptors (Lipinski definition) is 5. The number of likely N-dealkylation sites (tertiary alicyclic amines) is 1. The van der Waals surface area contributed by atoms with Gasteiger partial charge in [0.05, 0.1) is 11.3 Å². The molecule has 6 nitrogen and oxygen atoms in total. The van der Waals surface area contributed by atoms with Gasteiger partial charge in [0.2, 0.25) is 0 Å². The summed E-state index contributed by atoms with van der Waals surface area (Å²) in [5.74, 6) is 2.20. The summed E-state index contributed by atoms with van der Waals surface area (Å²) >= 11 is 0. The Balaban J connectivity index is 1.53. The van der Waals surface area contributed by atoms with Crippen molar-refractivity contribution in [2.24, 2.45) is 0 Å². The van der Waals surface area contributed by atoms with E-state index in [1.165, 1.54) is 12.8 Å². The zero-order chi connectivity index (χ0) is 18.8. The van der Waals surface area contributed by atoms with E-state index in [1.807, 2.05) is 24.8 Å². The largest absolute Gasteiger partial charge is 0.357 e. The van der Waals surface area contributed by atoms with Gasteiger partial charge in [0.25, 0.3) is 5.91 Å². The third kappa shape index (κ3) is 3.94. The Hall–Kier alpha value is -2.50. The van der Waals surface area contributed by atoms with E-state index in [9.17, 15) is 4.79 Å². The van der Waals surface area contributed by atoms with Gasteiger partial charge in [-0.25, -0.2) is 9.97 Å². The number of rotatable bonds is 3. The number of pyridine rings is 1. The Labute approximate surface area is 160 Å². The van der Waals surface area contributed by atoms with E-state index in [0.717, 1.165) is 55.4 Å². The topological polar surface area (TPSA) is 62.2 Å². The minimum atomic E-state index is 0.0708. The molecule has 1 amide bonds. The summed E-state index contributed by atoms with van der Waals surface area (Å²) in [6.07, 6.45) is 7.96. The van der Waals surface area contributed by atoms with Gasteiger partial charge in [-0.2, -0.15) is 0 Å². The maximum absolute atomic E-state index is 12.9. The van der Waals surface area contributed by atoms with E-state index in [2.05, 4.69) is 20.9 Å². The van der Waals surface area contributed by atoms with Crippen LogP contribution in [0, 0.1) is 13.8 Å². The Morgan fingerprint density at radius 1 is 1.04 bits per heavy atom. The van der Waals surface area contributed by atoms with E-state index in [1.54, 1.807) is 12.4 Å². The second kappa shape index (κ2) is 7.62. The number of anilines is 1. The molecule has 0 N–H and O–H groups in total. The molecule has 0 bridgehead atoms. The molecule has 142 valence electrons. The van der Waals surface area contributed by atoms with Crippen molar-refractivity contribution < 1.29 is 4.79 Å². The molecule has 4 rings (SSSR count). The molecule has 0 unspecified atom stereocenters. The van der Waals surface area contributed by atoms with Crippen LogP contribution in [0.1, 0.15) is 59.0 Å². The molecule has 27 heavy (non-hydrogen) atoms. The number of nitrogens with zero attached hydrogens (tertiary/aromatic N) is 5. The Morgan fingerprint density at radius 2 is 1.85 bits per heavy atom. The van der Waals surface area contributed by atoms with Crippen LogP contribution >= 0.6 is 0 Å². The van der Waals surface area contributed by atoms with Crippen molar-refractivity contribution in [2.45, 2.75) is 45.4 Å². The molecule has 2 aromatic heterocycles. The standard InChI is InChI=1S/C21H27N5O/c1-15-10-18(13-22-12-15)21(27)26-9-5-6-17(14-26)19-11-20(24-16(2)23-19)25-7-3-4-8-25/h10-13,17H,3-9,14H2,1-2H3/t17-/m1/s1. The van der Waals surface area contributed by atoms with Crippen LogP contribution in [0.5, 0.6) is 0 Å². The molecule has 2 saturated heterocycles. The number of aromatic nitrogens is 3. The zero-order valence-corrected chi connectivity index (χ0v) is 16.2. The van der Waals surface area contributed by atoms with Gasteiger partial charge < -0.3 is 9.80 Å². The molecule has 1 atom stereocenters. The molecule has 4 heterocycles. The van der Waals surface area contributed by atoms with E-state index in [0.29, 0.717) is 12.1 Å². The molecule has 6 heteroatoms. The van der Waals surface area contributed by atoms with Crippen LogP contribution < -0.4 is 4.90 Å². The van der Waals surface area contributed by atoms with Crippen LogP contribution in [0.15, 0.2) is 24.5 Å². The molecule has 0 aromatic carbocycles. The van der Waals surface area contributed by atoms with Crippen LogP contribution in [0.4, 0.5) is 5.82 Å². The third-order valence-electron chi connectivity index (χ3n) is 5.52. The van der Waals surface area contributed by atoms with E-state index >= 15 is 0 Å². The van der Waals surface area contributed by atoms with Crippen molar-refractivity contribution in [3.63, 3.8) is 0 Å². The zero-order valence-electron chi connectivity index (χ0n) is 16.2. The monoisotopic (exact) mass is 365 g/mol. The van der Waals surface area contributed by atoms with Crippen LogP contribution in [0.3, 0.4) is 0 Å². The first-order valence-corrected chi connectivity index (χ1v) is 9.91. The van der Waals surface area contributed by atoms with E-state index in [-0.39, 0.29) is 11.8 Å². The van der Waals surface area contributed by atoms with Crippen molar-refractivity contribution in [1.82, 2.24) is 19.9 Å². The summed E-state index contributed by atoms with van der Waals surface area (Å²) < 4.78 is 0. The summed E-state index contributed by atoms with van der Waals surface area (Å²) in [6, 6.07) is 4.06. The maximum Gasteiger partial charge on any atom is 0.255 e. The molecule has 0 spiro atoms. The number of hydrogen-bond donors (Lipinski definition) is 0. The molecular weight excluding hydrogens is 338 g/mol. The highest BCUT2D eigenvalue weighted by Crippen LogP contribution is 2.29. The lowest BCUT2D eigenvalue weighted by atomic mass is 9.94. The first-order chi connectivity index (χ1) is 13.1. The van der Waals surface area contributed by atoms with Gasteiger partial charge in [-0.05, 0) is 51.2 Å². The lowest BCUT2D eigenvalue weighted by molar-refractivity contribution is 0.0705. The minimum Gasteiger partial charge on any atom is -0.357 e. The lowest BCUT2D eigenvalue weighted by Gasteiger charge is -2.33. The average Bonchev–Trinajstić information content (AvgIpc) is 3.22. The van der Waals surface area contributed by atoms with Gasteiger partial charge in [-0.15, -0.1) is 0 Å². The van der Waals surface area contributed by atoms with Crippen molar-refractivity contribution in [2.75, 3.05) is 31.1 Å². The third-order valence-corrected chi connectivity index (χ3v) is 5.52. The van der Waals surface area contributed by atoms with Gasteiger partial charge in [-0.1, -0.05) is 0 Å². The van der Waals surface area contributed by atoms with Crippen LogP contribution in [0.2, 0.25) is 0 Å². The summed E-state index contributed by atoms with van der Waals surface area (Å²) in [7, 11) is 0. The van der Waals surface area contributed by atoms with Gasteiger partial charge in [0.1, 0.15) is 11.6 Å². The Bertz CT molecular complexity index is 831. The van der Waals surface area contributed by atoms with Crippen LogP contribution in [-0.2, 0) is 0 Å². The molecule has 2 aliphatic rings. The predicted molar refractivity (Wildman–Crippen MR) is 105 cm³/mol. The van der Waals surface area contributed by atoms with Gasteiger partial charge in [-0.3, -0.25) is 9.78 Å². The highest BCUT2D eigenvalue weighted by molar-refractivity contribution is 5.94. The van der Waals surface area contributed by atoms with Gasteiger partial charge in [0.15, 0.2) is 0 Å². The highest BCUT2D eigenvalue weighted by atomic mass is 16.2. The predicted octanol–water partition coefficient (Wildman–Crippen LogP) is 3.11. The summed E-state index contributed by atoms with van der Waals surface area (Å²) in [5, 5.41) is 0. The Morgan fingerprint density at radius 3 is 2.63 bits per heavy atom. The van der Waals surface area contributed by atoms with Crippen LogP contribution in [0.25, 0.3) is 0 Å². The molecule has 2 aliphatic heterocycles. The molecule has 0 saturated carbocycles. The molecule has 0 aliphatic carbocycles.